The Morgan fingerprint density at radius 1 is 1.35 bits per heavy atom. The molecule has 1 aromatic rings. The van der Waals surface area contributed by atoms with Gasteiger partial charge in [0.2, 0.25) is 5.79 Å². The lowest BCUT2D eigenvalue weighted by Gasteiger charge is -2.41. The number of nitrogens with zero attached hydrogens (tertiary/aromatic N) is 1. The second kappa shape index (κ2) is 4.85. The zero-order valence-corrected chi connectivity index (χ0v) is 10.1. The Labute approximate surface area is 101 Å². The molecule has 1 unspecified atom stereocenters. The van der Waals surface area contributed by atoms with Crippen molar-refractivity contribution >= 4 is 6.21 Å². The lowest BCUT2D eigenvalue weighted by molar-refractivity contribution is -0.240. The molecule has 1 aromatic carbocycles. The Balaban J connectivity index is 2.53. The van der Waals surface area contributed by atoms with E-state index in [0.29, 0.717) is 0 Å². The Morgan fingerprint density at radius 3 is 2.71 bits per heavy atom. The van der Waals surface area contributed by atoms with Crippen LogP contribution in [0.2, 0.25) is 0 Å². The van der Waals surface area contributed by atoms with E-state index < -0.39 is 5.79 Å². The van der Waals surface area contributed by atoms with Crippen molar-refractivity contribution in [2.24, 2.45) is 11.1 Å². The quantitative estimate of drug-likeness (QED) is 0.378. The molecule has 0 spiro atoms. The van der Waals surface area contributed by atoms with E-state index in [0.717, 1.165) is 18.4 Å². The van der Waals surface area contributed by atoms with E-state index in [1.165, 1.54) is 11.8 Å². The topological polar surface area (TPSA) is 51.0 Å². The third-order valence-electron chi connectivity index (χ3n) is 3.46. The summed E-state index contributed by atoms with van der Waals surface area (Å²) < 4.78 is 11.2. The molecular weight excluding hydrogens is 218 g/mol. The minimum absolute atomic E-state index is 0.0857. The van der Waals surface area contributed by atoms with Crippen LogP contribution >= 0.6 is 0 Å². The first-order valence-corrected chi connectivity index (χ1v) is 5.64. The molecule has 0 fully saturated rings. The number of benzene rings is 1. The highest BCUT2D eigenvalue weighted by Gasteiger charge is 2.44. The van der Waals surface area contributed by atoms with E-state index in [4.69, 9.17) is 14.7 Å². The second-order valence-corrected chi connectivity index (χ2v) is 4.14. The number of fused-ring (bicyclic) bond motifs is 1. The summed E-state index contributed by atoms with van der Waals surface area (Å²) in [4.78, 5) is 0. The molecule has 0 aliphatic heterocycles. The van der Waals surface area contributed by atoms with Crippen molar-refractivity contribution in [2.75, 3.05) is 14.2 Å². The summed E-state index contributed by atoms with van der Waals surface area (Å²) in [5.41, 5.74) is 2.24. The van der Waals surface area contributed by atoms with Crippen LogP contribution in [0.1, 0.15) is 17.5 Å². The molecule has 0 heterocycles. The molecule has 17 heavy (non-hydrogen) atoms. The second-order valence-electron chi connectivity index (χ2n) is 4.14. The van der Waals surface area contributed by atoms with Crippen molar-refractivity contribution in [3.8, 4) is 0 Å². The number of ether oxygens (including phenoxy) is 2. The van der Waals surface area contributed by atoms with Gasteiger partial charge in [-0.25, -0.2) is 0 Å². The summed E-state index contributed by atoms with van der Waals surface area (Å²) in [7, 11) is 3.23. The molecular formula is C13H17NO3. The first-order valence-electron chi connectivity index (χ1n) is 5.64. The summed E-state index contributed by atoms with van der Waals surface area (Å²) in [6, 6.07) is 8.05. The summed E-state index contributed by atoms with van der Waals surface area (Å²) in [6.07, 6.45) is 3.26. The smallest absolute Gasteiger partial charge is 0.202 e. The summed E-state index contributed by atoms with van der Waals surface area (Å²) >= 11 is 0. The van der Waals surface area contributed by atoms with Gasteiger partial charge in [0.25, 0.3) is 0 Å². The predicted octanol–water partition coefficient (Wildman–Crippen LogP) is 2.15. The van der Waals surface area contributed by atoms with E-state index in [1.807, 2.05) is 18.2 Å². The van der Waals surface area contributed by atoms with Crippen LogP contribution in [0.25, 0.3) is 0 Å². The maximum Gasteiger partial charge on any atom is 0.202 e. The van der Waals surface area contributed by atoms with E-state index in [2.05, 4.69) is 11.2 Å². The number of methoxy groups -OCH3 is 2. The highest BCUT2D eigenvalue weighted by atomic mass is 16.7. The Bertz CT molecular complexity index is 413. The van der Waals surface area contributed by atoms with Crippen LogP contribution in [0.5, 0.6) is 0 Å². The van der Waals surface area contributed by atoms with E-state index >= 15 is 0 Å². The van der Waals surface area contributed by atoms with Crippen molar-refractivity contribution < 1.29 is 14.7 Å². The van der Waals surface area contributed by atoms with Gasteiger partial charge >= 0.3 is 0 Å². The molecule has 4 heteroatoms. The molecule has 1 aliphatic rings. The van der Waals surface area contributed by atoms with Crippen molar-refractivity contribution in [1.29, 1.82) is 0 Å². The average molecular weight is 235 g/mol. The first kappa shape index (κ1) is 12.1. The maximum absolute atomic E-state index is 8.75. The predicted molar refractivity (Wildman–Crippen MR) is 64.2 cm³/mol. The molecule has 92 valence electrons. The van der Waals surface area contributed by atoms with E-state index in [9.17, 15) is 0 Å². The van der Waals surface area contributed by atoms with Crippen LogP contribution in [0, 0.1) is 5.92 Å². The molecule has 0 amide bonds. The van der Waals surface area contributed by atoms with Gasteiger partial charge in [-0.15, -0.1) is 5.16 Å². The molecule has 0 bridgehead atoms. The molecule has 4 nitrogen and oxygen atoms in total. The third kappa shape index (κ3) is 1.83. The summed E-state index contributed by atoms with van der Waals surface area (Å²) in [6.45, 7) is 0. The molecule has 0 saturated heterocycles. The molecule has 1 aliphatic carbocycles. The third-order valence-corrected chi connectivity index (χ3v) is 3.46. The van der Waals surface area contributed by atoms with Crippen LogP contribution in [0.3, 0.4) is 0 Å². The average Bonchev–Trinajstić information content (AvgIpc) is 2.39. The molecule has 0 aromatic heterocycles. The van der Waals surface area contributed by atoms with Crippen LogP contribution in [0.4, 0.5) is 0 Å². The first-order chi connectivity index (χ1) is 8.28. The fourth-order valence-electron chi connectivity index (χ4n) is 2.64. The number of oxime groups is 1. The van der Waals surface area contributed by atoms with Crippen molar-refractivity contribution in [2.45, 2.75) is 18.6 Å². The summed E-state index contributed by atoms with van der Waals surface area (Å²) in [5, 5.41) is 11.9. The Kier molecular flexibility index (Phi) is 3.45. The van der Waals surface area contributed by atoms with Gasteiger partial charge in [-0.05, 0) is 18.4 Å². The number of aryl methyl sites for hydroxylation is 1. The zero-order chi connectivity index (χ0) is 12.3. The van der Waals surface area contributed by atoms with Gasteiger partial charge in [-0.1, -0.05) is 24.3 Å². The van der Waals surface area contributed by atoms with Gasteiger partial charge in [0, 0.05) is 19.8 Å². The van der Waals surface area contributed by atoms with Gasteiger partial charge in [0.05, 0.1) is 12.1 Å². The van der Waals surface area contributed by atoms with E-state index in [1.54, 1.807) is 14.2 Å². The van der Waals surface area contributed by atoms with Crippen molar-refractivity contribution in [1.82, 2.24) is 0 Å². The number of hydrogen-bond donors (Lipinski definition) is 1. The molecule has 2 rings (SSSR count). The Hall–Kier alpha value is -1.39. The molecule has 1 N–H and O–H groups in total. The minimum Gasteiger partial charge on any atom is -0.411 e. The molecule has 1 atom stereocenters. The van der Waals surface area contributed by atoms with Crippen LogP contribution in [-0.4, -0.2) is 25.6 Å². The number of hydrogen-bond acceptors (Lipinski definition) is 4. The standard InChI is InChI=1S/C13H17NO3/c1-16-13(17-2)11(9-14-15)8-7-10-5-3-4-6-12(10)13/h3-6,9,11,15H,7-8H2,1-2H3. The molecule has 0 saturated carbocycles. The van der Waals surface area contributed by atoms with Gasteiger partial charge in [0.15, 0.2) is 0 Å². The Morgan fingerprint density at radius 2 is 2.06 bits per heavy atom. The van der Waals surface area contributed by atoms with E-state index in [-0.39, 0.29) is 5.92 Å². The van der Waals surface area contributed by atoms with Crippen LogP contribution in [0.15, 0.2) is 29.4 Å². The normalized spacial score (nSPS) is 22.6. The van der Waals surface area contributed by atoms with Crippen molar-refractivity contribution in [3.63, 3.8) is 0 Å². The lowest BCUT2D eigenvalue weighted by atomic mass is 9.79. The number of rotatable bonds is 3. The zero-order valence-electron chi connectivity index (χ0n) is 10.1. The minimum atomic E-state index is -0.846. The maximum atomic E-state index is 8.75. The van der Waals surface area contributed by atoms with Gasteiger partial charge in [-0.3, -0.25) is 0 Å². The fraction of sp³-hybridized carbons (Fsp3) is 0.462. The summed E-state index contributed by atoms with van der Waals surface area (Å²) in [5.74, 6) is -0.932. The van der Waals surface area contributed by atoms with Crippen molar-refractivity contribution in [3.05, 3.63) is 35.4 Å². The lowest BCUT2D eigenvalue weighted by Crippen LogP contribution is -2.43. The fourth-order valence-corrected chi connectivity index (χ4v) is 2.64. The van der Waals surface area contributed by atoms with Gasteiger partial charge < -0.3 is 14.7 Å². The van der Waals surface area contributed by atoms with Crippen LogP contribution < -0.4 is 0 Å². The SMILES string of the molecule is COC1(OC)c2ccccc2CCC1C=NO. The highest BCUT2D eigenvalue weighted by molar-refractivity contribution is 5.63. The van der Waals surface area contributed by atoms with Gasteiger partial charge in [0.1, 0.15) is 0 Å². The monoisotopic (exact) mass is 235 g/mol. The van der Waals surface area contributed by atoms with Gasteiger partial charge in [-0.2, -0.15) is 0 Å². The van der Waals surface area contributed by atoms with Crippen LogP contribution in [-0.2, 0) is 21.7 Å². The highest BCUT2D eigenvalue weighted by Crippen LogP contribution is 2.42. The largest absolute Gasteiger partial charge is 0.411 e. The molecule has 0 radical (unpaired) electrons.